The van der Waals surface area contributed by atoms with Gasteiger partial charge in [0.2, 0.25) is 0 Å². The van der Waals surface area contributed by atoms with Crippen LogP contribution >= 0.6 is 0 Å². The highest BCUT2D eigenvalue weighted by molar-refractivity contribution is 6.29. The molecule has 0 saturated heterocycles. The number of aryl methyl sites for hydroxylation is 4. The molecule has 0 aliphatic rings. The highest BCUT2D eigenvalue weighted by Gasteiger charge is 2.27. The zero-order valence-corrected chi connectivity index (χ0v) is 41.9. The number of fused-ring (bicyclic) bond motifs is 6. The second-order valence-corrected chi connectivity index (χ2v) is 19.7. The first-order valence-corrected chi connectivity index (χ1v) is 26.0. The van der Waals surface area contributed by atoms with Crippen molar-refractivity contribution >= 4 is 110 Å². The SMILES string of the molecule is CCc1ccccc1-c1cccc2c1oc1c(N(c3ccccc3C)c3ccc4ccc5c(N(c6ccccc6C)c6cccc7c6oc6c(-c8ccccc8CC)cccc67)ccc6ccc3c4c65)cccc12. The van der Waals surface area contributed by atoms with Crippen LogP contribution in [0.5, 0.6) is 0 Å². The number of furan rings is 2. The van der Waals surface area contributed by atoms with E-state index in [-0.39, 0.29) is 0 Å². The van der Waals surface area contributed by atoms with E-state index in [1.165, 1.54) is 54.9 Å². The molecule has 0 radical (unpaired) electrons. The lowest BCUT2D eigenvalue weighted by molar-refractivity contribution is 0.669. The van der Waals surface area contributed by atoms with Gasteiger partial charge < -0.3 is 18.6 Å². The molecule has 0 atom stereocenters. The van der Waals surface area contributed by atoms with Crippen LogP contribution in [0.1, 0.15) is 36.1 Å². The maximum Gasteiger partial charge on any atom is 0.159 e. The molecule has 0 aliphatic carbocycles. The second kappa shape index (κ2) is 17.3. The van der Waals surface area contributed by atoms with Crippen LogP contribution in [0.4, 0.5) is 34.1 Å². The van der Waals surface area contributed by atoms with Crippen LogP contribution in [-0.2, 0) is 12.8 Å². The lowest BCUT2D eigenvalue weighted by Gasteiger charge is -2.30. The highest BCUT2D eigenvalue weighted by Crippen LogP contribution is 2.52. The summed E-state index contributed by atoms with van der Waals surface area (Å²) in [5.41, 5.74) is 19.4. The summed E-state index contributed by atoms with van der Waals surface area (Å²) in [4.78, 5) is 4.86. The summed E-state index contributed by atoms with van der Waals surface area (Å²) in [5, 5.41) is 11.5. The van der Waals surface area contributed by atoms with E-state index in [9.17, 15) is 0 Å². The molecule has 0 fully saturated rings. The van der Waals surface area contributed by atoms with Gasteiger partial charge in [-0.15, -0.1) is 0 Å². The van der Waals surface area contributed by atoms with E-state index in [0.717, 1.165) is 113 Å². The molecule has 354 valence electrons. The largest absolute Gasteiger partial charge is 0.453 e. The summed E-state index contributed by atoms with van der Waals surface area (Å²) < 4.78 is 14.5. The van der Waals surface area contributed by atoms with Gasteiger partial charge in [0.05, 0.1) is 22.7 Å². The minimum Gasteiger partial charge on any atom is -0.453 e. The first-order chi connectivity index (χ1) is 36.5. The number of nitrogens with zero attached hydrogens (tertiary/aromatic N) is 2. The van der Waals surface area contributed by atoms with E-state index in [1.807, 2.05) is 0 Å². The summed E-state index contributed by atoms with van der Waals surface area (Å²) in [6.45, 7) is 8.85. The second-order valence-electron chi connectivity index (χ2n) is 19.7. The molecule has 0 unspecified atom stereocenters. The first-order valence-electron chi connectivity index (χ1n) is 26.0. The third-order valence-corrected chi connectivity index (χ3v) is 15.7. The van der Waals surface area contributed by atoms with E-state index in [4.69, 9.17) is 8.83 Å². The lowest BCUT2D eigenvalue weighted by atomic mass is 9.91. The molecule has 2 aromatic heterocycles. The summed E-state index contributed by atoms with van der Waals surface area (Å²) in [7, 11) is 0. The minimum absolute atomic E-state index is 0.857. The van der Waals surface area contributed by atoms with Crippen molar-refractivity contribution in [1.29, 1.82) is 0 Å². The Kier molecular flexibility index (Phi) is 10.2. The molecule has 4 nitrogen and oxygen atoms in total. The van der Waals surface area contributed by atoms with Crippen molar-refractivity contribution in [2.45, 2.75) is 40.5 Å². The molecular weight excluding hydrogens is 901 g/mol. The fourth-order valence-corrected chi connectivity index (χ4v) is 12.1. The third kappa shape index (κ3) is 6.61. The Labute approximate surface area is 430 Å². The number of rotatable bonds is 10. The van der Waals surface area contributed by atoms with Crippen LogP contribution in [0.2, 0.25) is 0 Å². The lowest BCUT2D eigenvalue weighted by Crippen LogP contribution is -2.13. The molecule has 4 heteroatoms. The molecule has 2 heterocycles. The van der Waals surface area contributed by atoms with Gasteiger partial charge in [-0.05, 0) is 118 Å². The maximum atomic E-state index is 7.23. The summed E-state index contributed by atoms with van der Waals surface area (Å²) in [6, 6.07) is 79.6. The Bertz CT molecular complexity index is 4230. The zero-order chi connectivity index (χ0) is 49.6. The van der Waals surface area contributed by atoms with Gasteiger partial charge >= 0.3 is 0 Å². The van der Waals surface area contributed by atoms with E-state index in [2.05, 4.69) is 256 Å². The smallest absolute Gasteiger partial charge is 0.159 e. The zero-order valence-electron chi connectivity index (χ0n) is 41.9. The van der Waals surface area contributed by atoms with Crippen LogP contribution < -0.4 is 9.80 Å². The van der Waals surface area contributed by atoms with Gasteiger partial charge in [0, 0.05) is 54.8 Å². The number of para-hydroxylation sites is 6. The fraction of sp³-hybridized carbons (Fsp3) is 0.0857. The molecule has 14 aromatic rings. The van der Waals surface area contributed by atoms with Gasteiger partial charge in [-0.25, -0.2) is 0 Å². The number of benzene rings is 12. The van der Waals surface area contributed by atoms with Crippen molar-refractivity contribution in [1.82, 2.24) is 0 Å². The number of hydrogen-bond donors (Lipinski definition) is 0. The molecular formula is C70H52N2O2. The fourth-order valence-electron chi connectivity index (χ4n) is 12.1. The van der Waals surface area contributed by atoms with E-state index in [1.54, 1.807) is 0 Å². The molecule has 0 bridgehead atoms. The summed E-state index contributed by atoms with van der Waals surface area (Å²) in [6.07, 6.45) is 1.87. The molecule has 0 N–H and O–H groups in total. The summed E-state index contributed by atoms with van der Waals surface area (Å²) >= 11 is 0. The predicted octanol–water partition coefficient (Wildman–Crippen LogP) is 20.4. The standard InChI is InChI=1S/C70H52N2O2/c1-5-45-21-9-11-23-49(45)51-25-15-27-53-55-29-17-33-63(69(55)73-67(51)53)71(59-31-13-7-19-43(59)3)61-41-37-47-36-40-58-62(42-38-48-35-39-57(61)65(47)66(48)58)72(60-32-14-8-20-44(60)4)64-34-18-30-56-54-28-16-26-52(68(54)74-70(56)64)50-24-12-10-22-46(50)6-2/h7-42H,5-6H2,1-4H3. The van der Waals surface area contributed by atoms with E-state index in [0.29, 0.717) is 0 Å². The van der Waals surface area contributed by atoms with Crippen LogP contribution in [-0.4, -0.2) is 0 Å². The average molecular weight is 953 g/mol. The van der Waals surface area contributed by atoms with Crippen molar-refractivity contribution in [3.63, 3.8) is 0 Å². The Morgan fingerprint density at radius 3 is 1.07 bits per heavy atom. The van der Waals surface area contributed by atoms with Gasteiger partial charge in [0.1, 0.15) is 11.2 Å². The summed E-state index contributed by atoms with van der Waals surface area (Å²) in [5.74, 6) is 0. The Balaban J connectivity index is 1.01. The van der Waals surface area contributed by atoms with Crippen molar-refractivity contribution < 1.29 is 8.83 Å². The molecule has 0 spiro atoms. The van der Waals surface area contributed by atoms with Gasteiger partial charge in [-0.3, -0.25) is 0 Å². The van der Waals surface area contributed by atoms with E-state index < -0.39 is 0 Å². The normalized spacial score (nSPS) is 11.9. The van der Waals surface area contributed by atoms with Crippen molar-refractivity contribution in [2.75, 3.05) is 9.80 Å². The van der Waals surface area contributed by atoms with Gasteiger partial charge in [0.25, 0.3) is 0 Å². The molecule has 0 amide bonds. The molecule has 0 aliphatic heterocycles. The Morgan fingerprint density at radius 1 is 0.284 bits per heavy atom. The van der Waals surface area contributed by atoms with Crippen molar-refractivity contribution in [2.24, 2.45) is 0 Å². The molecule has 0 saturated carbocycles. The molecule has 74 heavy (non-hydrogen) atoms. The first kappa shape index (κ1) is 43.7. The average Bonchev–Trinajstić information content (AvgIpc) is 4.08. The van der Waals surface area contributed by atoms with Crippen molar-refractivity contribution in [3.05, 3.63) is 241 Å². The highest BCUT2D eigenvalue weighted by atomic mass is 16.3. The van der Waals surface area contributed by atoms with Gasteiger partial charge in [-0.1, -0.05) is 196 Å². The quantitative estimate of drug-likeness (QED) is 0.128. The maximum absolute atomic E-state index is 7.23. The molecule has 12 aromatic carbocycles. The van der Waals surface area contributed by atoms with Gasteiger partial charge in [0.15, 0.2) is 11.2 Å². The van der Waals surface area contributed by atoms with E-state index >= 15 is 0 Å². The van der Waals surface area contributed by atoms with Crippen LogP contribution in [0.25, 0.3) is 98.4 Å². The van der Waals surface area contributed by atoms with Gasteiger partial charge in [-0.2, -0.15) is 0 Å². The topological polar surface area (TPSA) is 32.8 Å². The third-order valence-electron chi connectivity index (χ3n) is 15.7. The predicted molar refractivity (Wildman–Crippen MR) is 313 cm³/mol. The number of hydrogen-bond acceptors (Lipinski definition) is 4. The van der Waals surface area contributed by atoms with Crippen LogP contribution in [0.3, 0.4) is 0 Å². The van der Waals surface area contributed by atoms with Crippen LogP contribution in [0.15, 0.2) is 227 Å². The van der Waals surface area contributed by atoms with Crippen molar-refractivity contribution in [3.8, 4) is 22.3 Å². The number of anilines is 6. The Hall–Kier alpha value is -9.12. The minimum atomic E-state index is 0.857. The van der Waals surface area contributed by atoms with Crippen LogP contribution in [0, 0.1) is 13.8 Å². The molecule has 14 rings (SSSR count). The monoisotopic (exact) mass is 952 g/mol. The Morgan fingerprint density at radius 2 is 0.635 bits per heavy atom.